The number of H-pyrrole nitrogens is 1. The number of hydrogen-bond donors (Lipinski definition) is 1. The van der Waals surface area contributed by atoms with Crippen LogP contribution in [-0.4, -0.2) is 9.97 Å². The number of nitrogens with zero attached hydrogens (tertiary/aromatic N) is 1. The Hall–Kier alpha value is -1.35. The third-order valence-corrected chi connectivity index (χ3v) is 2.29. The molecule has 0 bridgehead atoms. The van der Waals surface area contributed by atoms with E-state index < -0.39 is 0 Å². The number of nitrogens with one attached hydrogen (secondary N) is 1. The van der Waals surface area contributed by atoms with Crippen molar-refractivity contribution < 1.29 is 8.22 Å². The van der Waals surface area contributed by atoms with Gasteiger partial charge in [-0.1, -0.05) is 18.1 Å². The van der Waals surface area contributed by atoms with Crippen molar-refractivity contribution >= 4 is 37.9 Å². The van der Waals surface area contributed by atoms with Crippen LogP contribution in [0.1, 0.15) is 8.22 Å². The molecule has 0 aliphatic rings. The molecule has 0 fully saturated rings. The van der Waals surface area contributed by atoms with Crippen LogP contribution >= 0.6 is 15.9 Å². The average molecular weight is 253 g/mol. The van der Waals surface area contributed by atoms with Crippen molar-refractivity contribution in [3.63, 3.8) is 0 Å². The normalized spacial score (nSPS) is 17.2. The van der Waals surface area contributed by atoms with E-state index in [0.29, 0.717) is 0 Å². The van der Waals surface area contributed by atoms with Gasteiger partial charge in [0.2, 0.25) is 0 Å². The molecule has 0 unspecified atom stereocenters. The van der Waals surface area contributed by atoms with Gasteiger partial charge in [0.25, 0.3) is 0 Å². The molecule has 3 rings (SSSR count). The van der Waals surface area contributed by atoms with Crippen LogP contribution in [0.3, 0.4) is 0 Å². The van der Waals surface area contributed by atoms with Crippen molar-refractivity contribution in [2.75, 3.05) is 0 Å². The SMILES string of the molecule is [2H]c1c(Br)nc2c([nH]c3c([2H])c([2H])c([2H])c([2H])c32)c1[2H]. The summed E-state index contributed by atoms with van der Waals surface area (Å²) in [5.74, 6) is 0. The summed E-state index contributed by atoms with van der Waals surface area (Å²) in [5, 5.41) is 0.236. The second kappa shape index (κ2) is 2.82. The molecule has 0 aliphatic carbocycles. The monoisotopic (exact) mass is 252 g/mol. The maximum atomic E-state index is 7.94. The van der Waals surface area contributed by atoms with Crippen LogP contribution in [-0.2, 0) is 0 Å². The van der Waals surface area contributed by atoms with E-state index in [2.05, 4.69) is 25.9 Å². The Labute approximate surface area is 97.5 Å². The number of halogens is 1. The van der Waals surface area contributed by atoms with E-state index in [9.17, 15) is 0 Å². The van der Waals surface area contributed by atoms with Gasteiger partial charge >= 0.3 is 0 Å². The smallest absolute Gasteiger partial charge is 0.106 e. The predicted octanol–water partition coefficient (Wildman–Crippen LogP) is 3.48. The zero-order valence-electron chi connectivity index (χ0n) is 12.8. The molecule has 3 heteroatoms. The lowest BCUT2D eigenvalue weighted by atomic mass is 10.2. The minimum absolute atomic E-state index is 0.0979. The van der Waals surface area contributed by atoms with Crippen molar-refractivity contribution in [2.45, 2.75) is 0 Å². The van der Waals surface area contributed by atoms with Gasteiger partial charge in [0.1, 0.15) is 4.60 Å². The minimum atomic E-state index is -0.345. The lowest BCUT2D eigenvalue weighted by molar-refractivity contribution is 1.36. The number of rotatable bonds is 0. The zero-order valence-corrected chi connectivity index (χ0v) is 8.41. The average Bonchev–Trinajstić information content (AvgIpc) is 2.80. The molecule has 2 heterocycles. The molecule has 0 amide bonds. The van der Waals surface area contributed by atoms with Crippen molar-refractivity contribution in [1.29, 1.82) is 0 Å². The number of aromatic amines is 1. The summed E-state index contributed by atoms with van der Waals surface area (Å²) in [6.45, 7) is 0. The van der Waals surface area contributed by atoms with E-state index >= 15 is 0 Å². The zero-order chi connectivity index (χ0) is 14.8. The van der Waals surface area contributed by atoms with Gasteiger partial charge in [-0.15, -0.1) is 0 Å². The van der Waals surface area contributed by atoms with Crippen molar-refractivity contribution in [3.05, 3.63) is 40.9 Å². The Kier molecular flexibility index (Phi) is 0.811. The molecule has 68 valence electrons. The summed E-state index contributed by atoms with van der Waals surface area (Å²) in [7, 11) is 0. The third kappa shape index (κ3) is 1.06. The lowest BCUT2D eigenvalue weighted by Crippen LogP contribution is -1.75. The van der Waals surface area contributed by atoms with E-state index in [4.69, 9.17) is 8.22 Å². The van der Waals surface area contributed by atoms with Crippen LogP contribution in [0.5, 0.6) is 0 Å². The summed E-state index contributed by atoms with van der Waals surface area (Å²) in [6, 6.07) is -1.30. The summed E-state index contributed by atoms with van der Waals surface area (Å²) >= 11 is 3.09. The molecule has 0 saturated heterocycles. The van der Waals surface area contributed by atoms with Crippen molar-refractivity contribution in [1.82, 2.24) is 9.97 Å². The molecule has 14 heavy (non-hydrogen) atoms. The Morgan fingerprint density at radius 1 is 1.14 bits per heavy atom. The topological polar surface area (TPSA) is 28.7 Å². The van der Waals surface area contributed by atoms with Gasteiger partial charge < -0.3 is 4.98 Å². The summed E-state index contributed by atoms with van der Waals surface area (Å²) < 4.78 is 46.9. The van der Waals surface area contributed by atoms with Crippen LogP contribution in [0.4, 0.5) is 0 Å². The van der Waals surface area contributed by atoms with Gasteiger partial charge in [0, 0.05) is 10.9 Å². The second-order valence-electron chi connectivity index (χ2n) is 2.75. The first-order chi connectivity index (χ1) is 9.34. The number of fused-ring (bicyclic) bond motifs is 3. The van der Waals surface area contributed by atoms with Gasteiger partial charge in [-0.05, 0) is 34.1 Å². The molecule has 1 aromatic carbocycles. The van der Waals surface area contributed by atoms with Gasteiger partial charge in [0.05, 0.1) is 19.3 Å². The van der Waals surface area contributed by atoms with Crippen molar-refractivity contribution in [2.24, 2.45) is 0 Å². The number of pyridine rings is 1. The molecule has 1 N–H and O–H groups in total. The van der Waals surface area contributed by atoms with E-state index in [0.717, 1.165) is 0 Å². The summed E-state index contributed by atoms with van der Waals surface area (Å²) in [4.78, 5) is 6.92. The Morgan fingerprint density at radius 3 is 2.93 bits per heavy atom. The Bertz CT molecular complexity index is 888. The molecule has 0 spiro atoms. The maximum Gasteiger partial charge on any atom is 0.106 e. The fourth-order valence-corrected chi connectivity index (χ4v) is 1.61. The Balaban J connectivity index is 2.67. The lowest BCUT2D eigenvalue weighted by Gasteiger charge is -1.90. The van der Waals surface area contributed by atoms with Crippen LogP contribution in [0, 0.1) is 0 Å². The second-order valence-corrected chi connectivity index (χ2v) is 3.50. The molecule has 3 aromatic rings. The van der Waals surface area contributed by atoms with Crippen LogP contribution < -0.4 is 0 Å². The number of benzene rings is 1. The molecule has 0 aliphatic heterocycles. The summed E-state index contributed by atoms with van der Waals surface area (Å²) in [5.41, 5.74) is 0.699. The number of para-hydroxylation sites is 1. The molecule has 0 saturated carbocycles. The first kappa shape index (κ1) is 4.03. The predicted molar refractivity (Wildman–Crippen MR) is 61.3 cm³/mol. The standard InChI is InChI=1S/C11H7BrN2/c12-10-6-5-9-11(14-10)7-3-1-2-4-8(7)13-9/h1-6,13H/i1D,2D,3D,4D,5D,6D. The third-order valence-electron chi connectivity index (χ3n) is 1.91. The van der Waals surface area contributed by atoms with Crippen LogP contribution in [0.2, 0.25) is 0 Å². The molecule has 0 radical (unpaired) electrons. The highest BCUT2D eigenvalue weighted by molar-refractivity contribution is 9.10. The van der Waals surface area contributed by atoms with E-state index in [1.165, 1.54) is 0 Å². The van der Waals surface area contributed by atoms with E-state index in [1.54, 1.807) is 0 Å². The van der Waals surface area contributed by atoms with E-state index in [1.807, 2.05) is 0 Å². The van der Waals surface area contributed by atoms with Gasteiger partial charge in [-0.25, -0.2) is 4.98 Å². The molecule has 0 atom stereocenters. The Morgan fingerprint density at radius 2 is 2.00 bits per heavy atom. The quantitative estimate of drug-likeness (QED) is 0.610. The maximum absolute atomic E-state index is 7.94. The fourth-order valence-electron chi connectivity index (χ4n) is 1.34. The highest BCUT2D eigenvalue weighted by Crippen LogP contribution is 2.24. The first-order valence-electron chi connectivity index (χ1n) is 6.89. The van der Waals surface area contributed by atoms with Crippen LogP contribution in [0.15, 0.2) is 40.9 Å². The molecule has 2 aromatic heterocycles. The van der Waals surface area contributed by atoms with E-state index in [-0.39, 0.29) is 62.8 Å². The number of hydrogen-bond acceptors (Lipinski definition) is 1. The largest absolute Gasteiger partial charge is 0.353 e. The van der Waals surface area contributed by atoms with Gasteiger partial charge in [0.15, 0.2) is 0 Å². The molecular weight excluding hydrogens is 240 g/mol. The highest BCUT2D eigenvalue weighted by Gasteiger charge is 2.04. The molecular formula is C11H7BrN2. The van der Waals surface area contributed by atoms with Crippen molar-refractivity contribution in [3.8, 4) is 0 Å². The molecule has 2 nitrogen and oxygen atoms in total. The summed E-state index contributed by atoms with van der Waals surface area (Å²) in [6.07, 6.45) is 0. The highest BCUT2D eigenvalue weighted by atomic mass is 79.9. The first-order valence-corrected chi connectivity index (χ1v) is 4.68. The van der Waals surface area contributed by atoms with Gasteiger partial charge in [-0.2, -0.15) is 0 Å². The van der Waals surface area contributed by atoms with Gasteiger partial charge in [-0.3, -0.25) is 0 Å². The van der Waals surface area contributed by atoms with Crippen LogP contribution in [0.25, 0.3) is 21.9 Å². The number of aromatic nitrogens is 2. The minimum Gasteiger partial charge on any atom is -0.353 e. The fraction of sp³-hybridized carbons (Fsp3) is 0.